The first-order valence-electron chi connectivity index (χ1n) is 5.35. The summed E-state index contributed by atoms with van der Waals surface area (Å²) in [6.45, 7) is 6.16. The van der Waals surface area contributed by atoms with Gasteiger partial charge in [0.2, 0.25) is 0 Å². The predicted octanol–water partition coefficient (Wildman–Crippen LogP) is 3.91. The lowest BCUT2D eigenvalue weighted by Crippen LogP contribution is -2.15. The second kappa shape index (κ2) is 3.84. The number of benzene rings is 1. The minimum Gasteiger partial charge on any atom is -0.383 e. The molecule has 1 aromatic carbocycles. The summed E-state index contributed by atoms with van der Waals surface area (Å²) in [4.78, 5) is 4.22. The van der Waals surface area contributed by atoms with E-state index >= 15 is 0 Å². The highest BCUT2D eigenvalue weighted by atomic mass is 35.5. The number of pyridine rings is 1. The summed E-state index contributed by atoms with van der Waals surface area (Å²) in [6, 6.07) is 4.80. The lowest BCUT2D eigenvalue weighted by atomic mass is 9.86. The van der Waals surface area contributed by atoms with Crippen molar-refractivity contribution >= 4 is 28.3 Å². The quantitative estimate of drug-likeness (QED) is 0.772. The first kappa shape index (κ1) is 12.1. The molecule has 0 amide bonds. The number of nitrogens with zero attached hydrogens (tertiary/aromatic N) is 1. The zero-order valence-corrected chi connectivity index (χ0v) is 10.8. The molecule has 0 spiro atoms. The maximum atomic E-state index is 13.3. The van der Waals surface area contributed by atoms with Crippen LogP contribution in [0, 0.1) is 5.82 Å². The number of nitrogens with two attached hydrogens (primary N) is 1. The minimum atomic E-state index is -0.477. The summed E-state index contributed by atoms with van der Waals surface area (Å²) >= 11 is 5.76. The van der Waals surface area contributed by atoms with Gasteiger partial charge >= 0.3 is 0 Å². The zero-order chi connectivity index (χ0) is 12.8. The van der Waals surface area contributed by atoms with E-state index in [2.05, 4.69) is 25.8 Å². The molecular weight excluding hydrogens is 239 g/mol. The molecule has 0 fully saturated rings. The van der Waals surface area contributed by atoms with Gasteiger partial charge in [-0.2, -0.15) is 0 Å². The maximum absolute atomic E-state index is 13.3. The molecule has 17 heavy (non-hydrogen) atoms. The lowest BCUT2D eigenvalue weighted by Gasteiger charge is -2.21. The van der Waals surface area contributed by atoms with Crippen LogP contribution in [0.4, 0.5) is 10.2 Å². The van der Waals surface area contributed by atoms with Crippen LogP contribution in [0.15, 0.2) is 18.2 Å². The van der Waals surface area contributed by atoms with E-state index in [1.807, 2.05) is 6.07 Å². The first-order chi connectivity index (χ1) is 7.79. The number of rotatable bonds is 0. The molecule has 90 valence electrons. The monoisotopic (exact) mass is 252 g/mol. The van der Waals surface area contributed by atoms with Crippen LogP contribution in [-0.4, -0.2) is 4.98 Å². The highest BCUT2D eigenvalue weighted by molar-refractivity contribution is 6.31. The number of aromatic nitrogens is 1. The van der Waals surface area contributed by atoms with Crippen molar-refractivity contribution in [2.75, 3.05) is 5.73 Å². The number of halogens is 2. The second-order valence-corrected chi connectivity index (χ2v) is 5.54. The molecule has 2 aromatic rings. The Morgan fingerprint density at radius 1 is 1.24 bits per heavy atom. The van der Waals surface area contributed by atoms with Gasteiger partial charge in [-0.25, -0.2) is 9.37 Å². The molecule has 0 radical (unpaired) electrons. The van der Waals surface area contributed by atoms with E-state index in [-0.39, 0.29) is 10.4 Å². The van der Waals surface area contributed by atoms with Crippen LogP contribution in [0.25, 0.3) is 10.9 Å². The lowest BCUT2D eigenvalue weighted by molar-refractivity contribution is 0.591. The van der Waals surface area contributed by atoms with Gasteiger partial charge in [0.15, 0.2) is 0 Å². The van der Waals surface area contributed by atoms with Crippen LogP contribution in [0.3, 0.4) is 0 Å². The van der Waals surface area contributed by atoms with Crippen LogP contribution >= 0.6 is 11.6 Å². The standard InChI is InChI=1S/C13H14ClFN2/c1-13(2,3)8-4-7-5-9(14)10(15)6-11(7)17-12(8)16/h4-6H,1-3H3,(H2,16,17). The van der Waals surface area contributed by atoms with E-state index in [1.54, 1.807) is 6.07 Å². The van der Waals surface area contributed by atoms with Crippen molar-refractivity contribution in [1.82, 2.24) is 4.98 Å². The molecular formula is C13H14ClFN2. The van der Waals surface area contributed by atoms with Crippen molar-refractivity contribution in [3.05, 3.63) is 34.6 Å². The van der Waals surface area contributed by atoms with Crippen LogP contribution in [0.5, 0.6) is 0 Å². The number of fused-ring (bicyclic) bond motifs is 1. The predicted molar refractivity (Wildman–Crippen MR) is 69.8 cm³/mol. The van der Waals surface area contributed by atoms with E-state index in [0.717, 1.165) is 10.9 Å². The molecule has 4 heteroatoms. The average Bonchev–Trinajstić information content (AvgIpc) is 2.18. The van der Waals surface area contributed by atoms with Gasteiger partial charge in [0, 0.05) is 17.0 Å². The smallest absolute Gasteiger partial charge is 0.143 e. The third kappa shape index (κ3) is 2.20. The Morgan fingerprint density at radius 3 is 2.47 bits per heavy atom. The largest absolute Gasteiger partial charge is 0.383 e. The number of hydrogen-bond acceptors (Lipinski definition) is 2. The minimum absolute atomic E-state index is 0.101. The molecule has 0 atom stereocenters. The highest BCUT2D eigenvalue weighted by Crippen LogP contribution is 2.31. The number of hydrogen-bond donors (Lipinski definition) is 1. The summed E-state index contributed by atoms with van der Waals surface area (Å²) < 4.78 is 13.3. The zero-order valence-electron chi connectivity index (χ0n) is 10.0. The van der Waals surface area contributed by atoms with Crippen molar-refractivity contribution in [1.29, 1.82) is 0 Å². The summed E-state index contributed by atoms with van der Waals surface area (Å²) in [6.07, 6.45) is 0. The fourth-order valence-corrected chi connectivity index (χ4v) is 1.96. The van der Waals surface area contributed by atoms with Crippen LogP contribution in [0.2, 0.25) is 5.02 Å². The molecule has 0 aliphatic carbocycles. The summed E-state index contributed by atoms with van der Waals surface area (Å²) in [5.74, 6) is -0.0405. The molecule has 2 N–H and O–H groups in total. The normalized spacial score (nSPS) is 12.1. The van der Waals surface area contributed by atoms with Crippen LogP contribution < -0.4 is 5.73 Å². The van der Waals surface area contributed by atoms with Crippen molar-refractivity contribution in [3.63, 3.8) is 0 Å². The maximum Gasteiger partial charge on any atom is 0.143 e. The third-order valence-corrected chi connectivity index (χ3v) is 2.98. The highest BCUT2D eigenvalue weighted by Gasteiger charge is 2.19. The topological polar surface area (TPSA) is 38.9 Å². The molecule has 0 aliphatic rings. The van der Waals surface area contributed by atoms with Gasteiger partial charge in [-0.3, -0.25) is 0 Å². The molecule has 0 bridgehead atoms. The molecule has 0 saturated carbocycles. The Bertz CT molecular complexity index is 588. The van der Waals surface area contributed by atoms with Gasteiger partial charge in [0.05, 0.1) is 10.5 Å². The molecule has 2 rings (SSSR count). The van der Waals surface area contributed by atoms with E-state index in [9.17, 15) is 4.39 Å². The van der Waals surface area contributed by atoms with Crippen LogP contribution in [-0.2, 0) is 5.41 Å². The fraction of sp³-hybridized carbons (Fsp3) is 0.308. The van der Waals surface area contributed by atoms with E-state index in [1.165, 1.54) is 6.07 Å². The van der Waals surface area contributed by atoms with Crippen molar-refractivity contribution in [2.24, 2.45) is 0 Å². The Hall–Kier alpha value is -1.35. The van der Waals surface area contributed by atoms with Crippen LogP contribution in [0.1, 0.15) is 26.3 Å². The van der Waals surface area contributed by atoms with Gasteiger partial charge in [0.1, 0.15) is 11.6 Å². The Labute approximate surface area is 105 Å². The first-order valence-corrected chi connectivity index (χ1v) is 5.72. The summed E-state index contributed by atoms with van der Waals surface area (Å²) in [5.41, 5.74) is 7.25. The Kier molecular flexibility index (Phi) is 2.74. The molecule has 1 aromatic heterocycles. The number of anilines is 1. The van der Waals surface area contributed by atoms with Crippen molar-refractivity contribution in [3.8, 4) is 0 Å². The van der Waals surface area contributed by atoms with E-state index < -0.39 is 5.82 Å². The second-order valence-electron chi connectivity index (χ2n) is 5.13. The van der Waals surface area contributed by atoms with Gasteiger partial charge in [-0.1, -0.05) is 32.4 Å². The molecule has 2 nitrogen and oxygen atoms in total. The van der Waals surface area contributed by atoms with Gasteiger partial charge in [0.25, 0.3) is 0 Å². The molecule has 0 saturated heterocycles. The Balaban J connectivity index is 2.76. The van der Waals surface area contributed by atoms with Gasteiger partial charge < -0.3 is 5.73 Å². The third-order valence-electron chi connectivity index (χ3n) is 2.69. The SMILES string of the molecule is CC(C)(C)c1cc2cc(Cl)c(F)cc2nc1N. The summed E-state index contributed by atoms with van der Waals surface area (Å²) in [7, 11) is 0. The van der Waals surface area contributed by atoms with E-state index in [0.29, 0.717) is 11.3 Å². The average molecular weight is 253 g/mol. The Morgan fingerprint density at radius 2 is 1.88 bits per heavy atom. The van der Waals surface area contributed by atoms with Gasteiger partial charge in [-0.15, -0.1) is 0 Å². The molecule has 0 unspecified atom stereocenters. The van der Waals surface area contributed by atoms with Crippen molar-refractivity contribution < 1.29 is 4.39 Å². The van der Waals surface area contributed by atoms with Crippen molar-refractivity contribution in [2.45, 2.75) is 26.2 Å². The van der Waals surface area contributed by atoms with E-state index in [4.69, 9.17) is 17.3 Å². The fourth-order valence-electron chi connectivity index (χ4n) is 1.78. The summed E-state index contributed by atoms with van der Waals surface area (Å²) in [5, 5.41) is 0.902. The molecule has 0 aliphatic heterocycles. The number of nitrogen functional groups attached to an aromatic ring is 1. The molecule has 1 heterocycles. The van der Waals surface area contributed by atoms with Gasteiger partial charge in [-0.05, 0) is 17.5 Å².